The van der Waals surface area contributed by atoms with Crippen LogP contribution in [-0.2, 0) is 4.74 Å². The Kier molecular flexibility index (Phi) is 4.34. The molecule has 2 unspecified atom stereocenters. The van der Waals surface area contributed by atoms with Gasteiger partial charge in [-0.1, -0.05) is 28.1 Å². The zero-order valence-electron chi connectivity index (χ0n) is 12.7. The van der Waals surface area contributed by atoms with Crippen molar-refractivity contribution in [2.45, 2.75) is 38.0 Å². The standard InChI is InChI=1S/C17H19BrN2O2/c1-10-15(17(21)22-2)16(20-19-10)13-4-3-12(9-13)11-5-7-14(18)8-6-11/h5-8,12-13H,3-4,9H2,1-2H3,(H,19,20). The highest BCUT2D eigenvalue weighted by atomic mass is 79.9. The molecule has 1 aromatic heterocycles. The molecule has 5 heteroatoms. The first-order valence-electron chi connectivity index (χ1n) is 7.48. The van der Waals surface area contributed by atoms with Crippen molar-refractivity contribution < 1.29 is 9.53 Å². The molecule has 0 amide bonds. The molecule has 1 aliphatic rings. The molecule has 0 radical (unpaired) electrons. The first-order chi connectivity index (χ1) is 10.6. The minimum Gasteiger partial charge on any atom is -0.465 e. The Balaban J connectivity index is 1.81. The second-order valence-corrected chi connectivity index (χ2v) is 6.77. The largest absolute Gasteiger partial charge is 0.465 e. The van der Waals surface area contributed by atoms with Crippen molar-refractivity contribution in [3.8, 4) is 0 Å². The molecule has 1 N–H and O–H groups in total. The molecule has 0 aliphatic heterocycles. The summed E-state index contributed by atoms with van der Waals surface area (Å²) in [7, 11) is 1.41. The summed E-state index contributed by atoms with van der Waals surface area (Å²) in [5, 5.41) is 7.31. The summed E-state index contributed by atoms with van der Waals surface area (Å²) >= 11 is 3.47. The third-order valence-electron chi connectivity index (χ3n) is 4.53. The van der Waals surface area contributed by atoms with Crippen molar-refractivity contribution in [1.82, 2.24) is 10.2 Å². The molecule has 1 fully saturated rings. The number of halogens is 1. The smallest absolute Gasteiger partial charge is 0.341 e. The van der Waals surface area contributed by atoms with Crippen LogP contribution in [-0.4, -0.2) is 23.3 Å². The van der Waals surface area contributed by atoms with E-state index in [2.05, 4.69) is 50.4 Å². The Morgan fingerprint density at radius 1 is 1.27 bits per heavy atom. The van der Waals surface area contributed by atoms with Gasteiger partial charge in [0.05, 0.1) is 12.8 Å². The van der Waals surface area contributed by atoms with Crippen LogP contribution in [0.3, 0.4) is 0 Å². The number of rotatable bonds is 3. The van der Waals surface area contributed by atoms with E-state index in [9.17, 15) is 4.79 Å². The zero-order chi connectivity index (χ0) is 15.7. The minimum absolute atomic E-state index is 0.298. The Bertz CT molecular complexity index is 678. The highest BCUT2D eigenvalue weighted by Crippen LogP contribution is 2.44. The van der Waals surface area contributed by atoms with Crippen LogP contribution < -0.4 is 0 Å². The quantitative estimate of drug-likeness (QED) is 0.827. The van der Waals surface area contributed by atoms with Gasteiger partial charge in [0.15, 0.2) is 0 Å². The summed E-state index contributed by atoms with van der Waals surface area (Å²) in [4.78, 5) is 12.0. The van der Waals surface area contributed by atoms with E-state index < -0.39 is 0 Å². The van der Waals surface area contributed by atoms with E-state index in [1.54, 1.807) is 0 Å². The number of benzene rings is 1. The molecule has 22 heavy (non-hydrogen) atoms. The van der Waals surface area contributed by atoms with Gasteiger partial charge in [0.25, 0.3) is 0 Å². The predicted octanol–water partition coefficient (Wildman–Crippen LogP) is 4.32. The predicted molar refractivity (Wildman–Crippen MR) is 88.1 cm³/mol. The first kappa shape index (κ1) is 15.3. The number of methoxy groups -OCH3 is 1. The normalized spacial score (nSPS) is 21.0. The fourth-order valence-electron chi connectivity index (χ4n) is 3.37. The number of H-pyrrole nitrogens is 1. The van der Waals surface area contributed by atoms with Gasteiger partial charge in [-0.3, -0.25) is 5.10 Å². The lowest BCUT2D eigenvalue weighted by atomic mass is 9.94. The van der Waals surface area contributed by atoms with Gasteiger partial charge in [0.2, 0.25) is 0 Å². The Morgan fingerprint density at radius 2 is 1.95 bits per heavy atom. The third kappa shape index (κ3) is 2.82. The average molecular weight is 363 g/mol. The Hall–Kier alpha value is -1.62. The number of carbonyl (C=O) groups is 1. The van der Waals surface area contributed by atoms with E-state index in [-0.39, 0.29) is 5.97 Å². The highest BCUT2D eigenvalue weighted by molar-refractivity contribution is 9.10. The van der Waals surface area contributed by atoms with Crippen LogP contribution in [0.2, 0.25) is 0 Å². The number of hydrogen-bond donors (Lipinski definition) is 1. The molecule has 1 aliphatic carbocycles. The number of hydrogen-bond acceptors (Lipinski definition) is 3. The average Bonchev–Trinajstić information content (AvgIpc) is 3.14. The zero-order valence-corrected chi connectivity index (χ0v) is 14.3. The minimum atomic E-state index is -0.298. The van der Waals surface area contributed by atoms with Gasteiger partial charge in [0, 0.05) is 16.1 Å². The number of aromatic amines is 1. The molecule has 116 valence electrons. The highest BCUT2D eigenvalue weighted by Gasteiger charge is 2.32. The maximum Gasteiger partial charge on any atom is 0.341 e. The van der Waals surface area contributed by atoms with Crippen molar-refractivity contribution in [3.05, 3.63) is 51.3 Å². The molecule has 4 nitrogen and oxygen atoms in total. The molecule has 0 saturated heterocycles. The number of aromatic nitrogens is 2. The number of nitrogens with one attached hydrogen (secondary N) is 1. The van der Waals surface area contributed by atoms with Crippen molar-refractivity contribution in [3.63, 3.8) is 0 Å². The number of esters is 1. The Labute approximate surface area is 138 Å². The summed E-state index contributed by atoms with van der Waals surface area (Å²) < 4.78 is 5.99. The van der Waals surface area contributed by atoms with Gasteiger partial charge in [-0.25, -0.2) is 4.79 Å². The SMILES string of the molecule is COC(=O)c1c(C2CCC(c3ccc(Br)cc3)C2)n[nH]c1C. The number of carbonyl (C=O) groups excluding carboxylic acids is 1. The number of aryl methyl sites for hydroxylation is 1. The van der Waals surface area contributed by atoms with E-state index in [0.717, 1.165) is 35.1 Å². The van der Waals surface area contributed by atoms with Crippen molar-refractivity contribution >= 4 is 21.9 Å². The van der Waals surface area contributed by atoms with Crippen LogP contribution in [0.5, 0.6) is 0 Å². The molecule has 0 bridgehead atoms. The van der Waals surface area contributed by atoms with E-state index in [1.807, 2.05) is 6.92 Å². The molecule has 0 spiro atoms. The molecule has 2 aromatic rings. The fourth-order valence-corrected chi connectivity index (χ4v) is 3.64. The van der Waals surface area contributed by atoms with Crippen LogP contribution in [0.1, 0.15) is 58.4 Å². The van der Waals surface area contributed by atoms with Crippen LogP contribution in [0.15, 0.2) is 28.7 Å². The number of ether oxygens (including phenoxy) is 1. The van der Waals surface area contributed by atoms with Crippen LogP contribution in [0, 0.1) is 6.92 Å². The van der Waals surface area contributed by atoms with Gasteiger partial charge in [0.1, 0.15) is 5.56 Å². The Morgan fingerprint density at radius 3 is 2.64 bits per heavy atom. The summed E-state index contributed by atoms with van der Waals surface area (Å²) in [5.74, 6) is 0.543. The lowest BCUT2D eigenvalue weighted by Crippen LogP contribution is -2.08. The van der Waals surface area contributed by atoms with Gasteiger partial charge in [-0.15, -0.1) is 0 Å². The van der Waals surface area contributed by atoms with Crippen molar-refractivity contribution in [2.24, 2.45) is 0 Å². The topological polar surface area (TPSA) is 55.0 Å². The fraction of sp³-hybridized carbons (Fsp3) is 0.412. The van der Waals surface area contributed by atoms with Crippen molar-refractivity contribution in [2.75, 3.05) is 7.11 Å². The summed E-state index contributed by atoms with van der Waals surface area (Å²) in [6, 6.07) is 8.52. The maximum absolute atomic E-state index is 12.0. The van der Waals surface area contributed by atoms with Gasteiger partial charge < -0.3 is 4.74 Å². The monoisotopic (exact) mass is 362 g/mol. The second kappa shape index (κ2) is 6.24. The molecular weight excluding hydrogens is 344 g/mol. The summed E-state index contributed by atoms with van der Waals surface area (Å²) in [6.45, 7) is 1.86. The maximum atomic E-state index is 12.0. The molecule has 2 atom stereocenters. The summed E-state index contributed by atoms with van der Waals surface area (Å²) in [6.07, 6.45) is 3.20. The molecular formula is C17H19BrN2O2. The van der Waals surface area contributed by atoms with Gasteiger partial charge >= 0.3 is 5.97 Å². The van der Waals surface area contributed by atoms with Gasteiger partial charge in [-0.05, 0) is 49.8 Å². The lowest BCUT2D eigenvalue weighted by Gasteiger charge is -2.11. The van der Waals surface area contributed by atoms with E-state index in [1.165, 1.54) is 12.7 Å². The first-order valence-corrected chi connectivity index (χ1v) is 8.28. The van der Waals surface area contributed by atoms with Crippen LogP contribution in [0.25, 0.3) is 0 Å². The molecule has 1 heterocycles. The lowest BCUT2D eigenvalue weighted by molar-refractivity contribution is 0.0598. The summed E-state index contributed by atoms with van der Waals surface area (Å²) in [5.41, 5.74) is 3.62. The molecule has 1 saturated carbocycles. The van der Waals surface area contributed by atoms with Crippen molar-refractivity contribution in [1.29, 1.82) is 0 Å². The van der Waals surface area contributed by atoms with Crippen LogP contribution >= 0.6 is 15.9 Å². The van der Waals surface area contributed by atoms with Gasteiger partial charge in [-0.2, -0.15) is 5.10 Å². The third-order valence-corrected chi connectivity index (χ3v) is 5.05. The van der Waals surface area contributed by atoms with Crippen LogP contribution in [0.4, 0.5) is 0 Å². The second-order valence-electron chi connectivity index (χ2n) is 5.86. The molecule has 1 aromatic carbocycles. The van der Waals surface area contributed by atoms with E-state index >= 15 is 0 Å². The van der Waals surface area contributed by atoms with E-state index in [4.69, 9.17) is 4.74 Å². The van der Waals surface area contributed by atoms with E-state index in [0.29, 0.717) is 17.4 Å². The molecule has 3 rings (SSSR count). The number of nitrogens with zero attached hydrogens (tertiary/aromatic N) is 1.